The highest BCUT2D eigenvalue weighted by molar-refractivity contribution is 7.94. The number of fused-ring (bicyclic) bond motifs is 3. The van der Waals surface area contributed by atoms with Gasteiger partial charge in [0.15, 0.2) is 15.7 Å². The van der Waals surface area contributed by atoms with Crippen LogP contribution in [-0.2, 0) is 28.5 Å². The zero-order chi connectivity index (χ0) is 24.4. The maximum Gasteiger partial charge on any atom is 0.417 e. The fourth-order valence-electron chi connectivity index (χ4n) is 6.32. The standard InChI is InChI=1S/C25H28F3N3O2S/c1-31-21(19-5-3-4-6-20(19)25(26,27)28)29-30-22(31)24-14-11-23(12-15-24,13-16-24)17-7-9-18(10-8-17)34(2,32)33/h3-7,9H,8,10-16H2,1-2H3. The fraction of sp³-hybridized carbons (Fsp3) is 0.520. The number of rotatable bonds is 4. The second-order valence-electron chi connectivity index (χ2n) is 10.1. The van der Waals surface area contributed by atoms with Gasteiger partial charge in [0, 0.05) is 29.2 Å². The predicted octanol–water partition coefficient (Wildman–Crippen LogP) is 5.74. The lowest BCUT2D eigenvalue weighted by molar-refractivity contribution is -0.137. The molecular weight excluding hydrogens is 463 g/mol. The summed E-state index contributed by atoms with van der Waals surface area (Å²) in [4.78, 5) is 0.499. The molecule has 3 saturated carbocycles. The summed E-state index contributed by atoms with van der Waals surface area (Å²) in [6, 6.07) is 5.51. The van der Waals surface area contributed by atoms with Crippen LogP contribution in [0.5, 0.6) is 0 Å². The molecule has 0 N–H and O–H groups in total. The van der Waals surface area contributed by atoms with Crippen molar-refractivity contribution in [1.82, 2.24) is 14.8 Å². The molecule has 0 radical (unpaired) electrons. The minimum absolute atomic E-state index is 0.0504. The molecule has 0 aliphatic heterocycles. The van der Waals surface area contributed by atoms with Crippen LogP contribution in [0.25, 0.3) is 11.4 Å². The van der Waals surface area contributed by atoms with Gasteiger partial charge in [0.25, 0.3) is 0 Å². The quantitative estimate of drug-likeness (QED) is 0.547. The molecule has 3 fully saturated rings. The predicted molar refractivity (Wildman–Crippen MR) is 123 cm³/mol. The molecule has 0 saturated heterocycles. The van der Waals surface area contributed by atoms with Crippen molar-refractivity contribution >= 4 is 9.84 Å². The van der Waals surface area contributed by atoms with E-state index in [4.69, 9.17) is 0 Å². The lowest BCUT2D eigenvalue weighted by Crippen LogP contribution is -2.46. The molecule has 5 nitrogen and oxygen atoms in total. The second kappa shape index (κ2) is 7.80. The van der Waals surface area contributed by atoms with E-state index in [1.807, 2.05) is 6.08 Å². The largest absolute Gasteiger partial charge is 0.417 e. The molecule has 34 heavy (non-hydrogen) atoms. The van der Waals surface area contributed by atoms with Crippen molar-refractivity contribution in [3.8, 4) is 11.4 Å². The van der Waals surface area contributed by atoms with Crippen LogP contribution in [0.3, 0.4) is 0 Å². The average Bonchev–Trinajstić information content (AvgIpc) is 3.21. The van der Waals surface area contributed by atoms with E-state index in [1.165, 1.54) is 24.0 Å². The van der Waals surface area contributed by atoms with Crippen LogP contribution in [0.15, 0.2) is 46.9 Å². The molecule has 4 aliphatic rings. The van der Waals surface area contributed by atoms with E-state index in [0.29, 0.717) is 11.3 Å². The average molecular weight is 492 g/mol. The molecule has 1 heterocycles. The normalized spacial score (nSPS) is 27.4. The number of alkyl halides is 3. The molecule has 1 aromatic heterocycles. The highest BCUT2D eigenvalue weighted by atomic mass is 32.2. The topological polar surface area (TPSA) is 64.8 Å². The van der Waals surface area contributed by atoms with Crippen molar-refractivity contribution < 1.29 is 21.6 Å². The number of benzene rings is 1. The van der Waals surface area contributed by atoms with Crippen molar-refractivity contribution in [2.24, 2.45) is 12.5 Å². The summed E-state index contributed by atoms with van der Waals surface area (Å²) >= 11 is 0. The Balaban J connectivity index is 1.42. The molecule has 1 aromatic carbocycles. The van der Waals surface area contributed by atoms with Gasteiger partial charge in [0.05, 0.1) is 5.56 Å². The van der Waals surface area contributed by atoms with Gasteiger partial charge in [-0.15, -0.1) is 10.2 Å². The summed E-state index contributed by atoms with van der Waals surface area (Å²) in [5.74, 6) is 1.01. The van der Waals surface area contributed by atoms with E-state index in [1.54, 1.807) is 23.8 Å². The summed E-state index contributed by atoms with van der Waals surface area (Å²) in [5, 5.41) is 8.65. The van der Waals surface area contributed by atoms with Crippen LogP contribution >= 0.6 is 0 Å². The Morgan fingerprint density at radius 1 is 0.912 bits per heavy atom. The molecule has 4 aliphatic carbocycles. The number of hydrogen-bond donors (Lipinski definition) is 0. The molecule has 0 unspecified atom stereocenters. The van der Waals surface area contributed by atoms with E-state index < -0.39 is 21.6 Å². The number of halogens is 3. The van der Waals surface area contributed by atoms with Gasteiger partial charge in [0.1, 0.15) is 5.82 Å². The zero-order valence-electron chi connectivity index (χ0n) is 19.3. The molecule has 0 amide bonds. The third-order valence-corrected chi connectivity index (χ3v) is 9.63. The van der Waals surface area contributed by atoms with Crippen LogP contribution < -0.4 is 0 Å². The summed E-state index contributed by atoms with van der Waals surface area (Å²) in [6.07, 6.45) is 7.55. The van der Waals surface area contributed by atoms with Crippen LogP contribution in [-0.4, -0.2) is 29.4 Å². The smallest absolute Gasteiger partial charge is 0.314 e. The Morgan fingerprint density at radius 3 is 2.09 bits per heavy atom. The number of hydrogen-bond acceptors (Lipinski definition) is 4. The Kier molecular flexibility index (Phi) is 5.35. The summed E-state index contributed by atoms with van der Waals surface area (Å²) < 4.78 is 66.2. The molecule has 182 valence electrons. The Hall–Kier alpha value is -2.42. The Bertz CT molecular complexity index is 1280. The van der Waals surface area contributed by atoms with Crippen molar-refractivity contribution in [2.45, 2.75) is 63.0 Å². The highest BCUT2D eigenvalue weighted by Crippen LogP contribution is 2.61. The van der Waals surface area contributed by atoms with Crippen molar-refractivity contribution in [3.63, 3.8) is 0 Å². The van der Waals surface area contributed by atoms with E-state index in [9.17, 15) is 21.6 Å². The van der Waals surface area contributed by atoms with Gasteiger partial charge < -0.3 is 4.57 Å². The third-order valence-electron chi connectivity index (χ3n) is 8.34. The SMILES string of the molecule is Cn1c(-c2ccccc2C(F)(F)F)nnc1C12CCC(C3=CC=C(S(C)(=O)=O)CC3)(CC1)CC2. The van der Waals surface area contributed by atoms with Crippen LogP contribution in [0.1, 0.15) is 62.8 Å². The maximum absolute atomic E-state index is 13.6. The number of nitrogens with zero attached hydrogens (tertiary/aromatic N) is 3. The first-order valence-electron chi connectivity index (χ1n) is 11.6. The van der Waals surface area contributed by atoms with Crippen molar-refractivity contribution in [3.05, 3.63) is 58.3 Å². The molecule has 0 atom stereocenters. The fourth-order valence-corrected chi connectivity index (χ4v) is 7.11. The minimum atomic E-state index is -4.46. The number of aromatic nitrogens is 3. The minimum Gasteiger partial charge on any atom is -0.314 e. The van der Waals surface area contributed by atoms with Gasteiger partial charge >= 0.3 is 6.18 Å². The van der Waals surface area contributed by atoms with Crippen molar-refractivity contribution in [2.75, 3.05) is 6.26 Å². The Morgan fingerprint density at radius 2 is 1.53 bits per heavy atom. The first-order chi connectivity index (χ1) is 16.0. The highest BCUT2D eigenvalue weighted by Gasteiger charge is 2.53. The molecule has 0 spiro atoms. The van der Waals surface area contributed by atoms with Crippen LogP contribution in [0.4, 0.5) is 13.2 Å². The van der Waals surface area contributed by atoms with Gasteiger partial charge in [-0.2, -0.15) is 13.2 Å². The van der Waals surface area contributed by atoms with Gasteiger partial charge in [-0.3, -0.25) is 0 Å². The first-order valence-corrected chi connectivity index (χ1v) is 13.5. The number of allylic oxidation sites excluding steroid dienone is 4. The molecular formula is C25H28F3N3O2S. The summed E-state index contributed by atoms with van der Waals surface area (Å²) in [7, 11) is -1.38. The van der Waals surface area contributed by atoms with Gasteiger partial charge in [-0.05, 0) is 68.9 Å². The van der Waals surface area contributed by atoms with Gasteiger partial charge in [0.2, 0.25) is 0 Å². The summed E-state index contributed by atoms with van der Waals surface area (Å²) in [5.41, 5.74) is 0.593. The lowest BCUT2D eigenvalue weighted by Gasteiger charge is -2.54. The monoisotopic (exact) mass is 491 g/mol. The second-order valence-corrected chi connectivity index (χ2v) is 12.2. The van der Waals surface area contributed by atoms with Gasteiger partial charge in [-0.25, -0.2) is 8.42 Å². The van der Waals surface area contributed by atoms with Crippen molar-refractivity contribution in [1.29, 1.82) is 0 Å². The first kappa shape index (κ1) is 23.3. The molecule has 6 rings (SSSR count). The third kappa shape index (κ3) is 3.72. The Labute approximate surface area is 197 Å². The summed E-state index contributed by atoms with van der Waals surface area (Å²) in [6.45, 7) is 0. The van der Waals surface area contributed by atoms with Crippen LogP contribution in [0.2, 0.25) is 0 Å². The van der Waals surface area contributed by atoms with Gasteiger partial charge in [-0.1, -0.05) is 29.8 Å². The van der Waals surface area contributed by atoms with E-state index >= 15 is 0 Å². The van der Waals surface area contributed by atoms with Crippen LogP contribution in [0, 0.1) is 5.41 Å². The number of sulfone groups is 1. The molecule has 9 heteroatoms. The maximum atomic E-state index is 13.6. The lowest BCUT2D eigenvalue weighted by atomic mass is 9.50. The molecule has 2 bridgehead atoms. The van der Waals surface area contributed by atoms with E-state index in [2.05, 4.69) is 10.2 Å². The molecule has 2 aromatic rings. The zero-order valence-corrected chi connectivity index (χ0v) is 20.1. The van der Waals surface area contributed by atoms with E-state index in [-0.39, 0.29) is 22.2 Å². The van der Waals surface area contributed by atoms with E-state index in [0.717, 1.165) is 56.8 Å².